The molecule has 0 aromatic carbocycles. The van der Waals surface area contributed by atoms with E-state index in [-0.39, 0.29) is 72.5 Å². The van der Waals surface area contributed by atoms with Crippen LogP contribution in [0.3, 0.4) is 0 Å². The molecule has 0 radical (unpaired) electrons. The molecule has 8 rings (SSSR count). The highest BCUT2D eigenvalue weighted by Gasteiger charge is 2.40. The van der Waals surface area contributed by atoms with Gasteiger partial charge in [0.2, 0.25) is 0 Å². The van der Waals surface area contributed by atoms with Gasteiger partial charge in [0.1, 0.15) is 0 Å². The summed E-state index contributed by atoms with van der Waals surface area (Å²) in [5.74, 6) is 4.41. The van der Waals surface area contributed by atoms with Crippen LogP contribution < -0.4 is 0 Å². The van der Waals surface area contributed by atoms with Crippen LogP contribution in [-0.2, 0) is 0 Å². The summed E-state index contributed by atoms with van der Waals surface area (Å²) in [6.07, 6.45) is 42.8. The summed E-state index contributed by atoms with van der Waals surface area (Å²) in [7, 11) is 0. The minimum atomic E-state index is -0.372. The number of hydrogen-bond donors (Lipinski definition) is 8. The molecule has 8 nitrogen and oxygen atoms in total. The minimum Gasteiger partial charge on any atom is -0.392 e. The van der Waals surface area contributed by atoms with E-state index in [1.54, 1.807) is 0 Å². The van der Waals surface area contributed by atoms with Gasteiger partial charge in [0.15, 0.2) is 0 Å². The summed E-state index contributed by atoms with van der Waals surface area (Å²) < 4.78 is 0. The van der Waals surface area contributed by atoms with Crippen LogP contribution in [0.2, 0.25) is 0 Å². The smallest absolute Gasteiger partial charge is 0.0633 e. The van der Waals surface area contributed by atoms with E-state index >= 15 is 0 Å². The average Bonchev–Trinajstić information content (AvgIpc) is 3.39. The predicted octanol–water partition coefficient (Wildman–Crippen LogP) is 14.7. The van der Waals surface area contributed by atoms with Crippen molar-refractivity contribution in [2.24, 2.45) is 71.0 Å². The molecule has 8 heteroatoms. The molecule has 12 atom stereocenters. The fourth-order valence-electron chi connectivity index (χ4n) is 15.8. The molecule has 0 amide bonds. The van der Waals surface area contributed by atoms with Gasteiger partial charge < -0.3 is 40.9 Å². The first-order valence-corrected chi connectivity index (χ1v) is 32.6. The molecule has 76 heavy (non-hydrogen) atoms. The first-order valence-electron chi connectivity index (χ1n) is 32.6. The summed E-state index contributed by atoms with van der Waals surface area (Å²) in [6, 6.07) is 0. The lowest BCUT2D eigenvalue weighted by Gasteiger charge is -2.38. The fourth-order valence-corrected chi connectivity index (χ4v) is 15.8. The Morgan fingerprint density at radius 2 is 0.461 bits per heavy atom. The molecule has 0 saturated heterocycles. The van der Waals surface area contributed by atoms with E-state index in [0.29, 0.717) is 47.3 Å². The van der Waals surface area contributed by atoms with Crippen LogP contribution in [0.25, 0.3) is 0 Å². The summed E-state index contributed by atoms with van der Waals surface area (Å²) in [5.41, 5.74) is 5.52. The van der Waals surface area contributed by atoms with E-state index in [2.05, 4.69) is 79.7 Å². The van der Waals surface area contributed by atoms with Gasteiger partial charge in [-0.2, -0.15) is 0 Å². The van der Waals surface area contributed by atoms with Gasteiger partial charge in [-0.3, -0.25) is 0 Å². The van der Waals surface area contributed by atoms with Crippen molar-refractivity contribution in [1.82, 2.24) is 0 Å². The molecule has 0 aromatic heterocycles. The summed E-state index contributed by atoms with van der Waals surface area (Å²) in [6.45, 7) is 17.1. The second-order valence-corrected chi connectivity index (χ2v) is 27.6. The molecule has 440 valence electrons. The van der Waals surface area contributed by atoms with Gasteiger partial charge in [0.05, 0.1) is 48.8 Å². The zero-order chi connectivity index (χ0) is 55.3. The van der Waals surface area contributed by atoms with E-state index in [1.807, 2.05) is 0 Å². The van der Waals surface area contributed by atoms with Gasteiger partial charge in [-0.1, -0.05) is 179 Å². The third-order valence-corrected chi connectivity index (χ3v) is 19.4. The van der Waals surface area contributed by atoms with Crippen LogP contribution in [0.1, 0.15) is 261 Å². The van der Waals surface area contributed by atoms with Gasteiger partial charge >= 0.3 is 0 Å². The third-order valence-electron chi connectivity index (χ3n) is 19.4. The molecule has 0 unspecified atom stereocenters. The Bertz CT molecular complexity index is 1460. The van der Waals surface area contributed by atoms with Crippen molar-refractivity contribution in [2.45, 2.75) is 310 Å². The Morgan fingerprint density at radius 1 is 0.289 bits per heavy atom. The minimum absolute atomic E-state index is 0.000694. The Kier molecular flexibility index (Phi) is 29.4. The maximum absolute atomic E-state index is 10.5. The lowest BCUT2D eigenvalue weighted by atomic mass is 9.70. The Morgan fingerprint density at radius 3 is 0.618 bits per heavy atom. The van der Waals surface area contributed by atoms with Gasteiger partial charge in [-0.05, 0) is 176 Å². The molecule has 0 heterocycles. The molecule has 0 spiro atoms. The first kappa shape index (κ1) is 65.5. The number of rotatable bonds is 16. The molecule has 8 aliphatic rings. The maximum atomic E-state index is 10.5. The van der Waals surface area contributed by atoms with Crippen molar-refractivity contribution in [3.63, 3.8) is 0 Å². The largest absolute Gasteiger partial charge is 0.392 e. The number of aliphatic hydroxyl groups is 8. The second kappa shape index (κ2) is 34.2. The summed E-state index contributed by atoms with van der Waals surface area (Å²) >= 11 is 0. The van der Waals surface area contributed by atoms with Crippen LogP contribution in [0, 0.1) is 71.0 Å². The average molecular weight is 1070 g/mol. The highest BCUT2D eigenvalue weighted by atomic mass is 16.3. The second-order valence-electron chi connectivity index (χ2n) is 27.6. The molecule has 0 aliphatic heterocycles. The molecule has 4 fully saturated rings. The molecule has 8 N–H and O–H groups in total. The van der Waals surface area contributed by atoms with Crippen LogP contribution in [0.5, 0.6) is 0 Å². The van der Waals surface area contributed by atoms with Crippen molar-refractivity contribution in [2.75, 3.05) is 0 Å². The van der Waals surface area contributed by atoms with Gasteiger partial charge in [0.25, 0.3) is 0 Å². The molecular weight excluding hydrogens is 945 g/mol. The molecule has 4 saturated carbocycles. The molecular formula is C68H120O8. The van der Waals surface area contributed by atoms with Crippen LogP contribution in [0.4, 0.5) is 0 Å². The molecule has 8 aliphatic carbocycles. The first-order chi connectivity index (χ1) is 36.4. The monoisotopic (exact) mass is 1060 g/mol. The highest BCUT2D eigenvalue weighted by molar-refractivity contribution is 5.22. The van der Waals surface area contributed by atoms with Crippen LogP contribution in [-0.4, -0.2) is 89.7 Å². The quantitative estimate of drug-likeness (QED) is 0.0709. The van der Waals surface area contributed by atoms with Gasteiger partial charge in [0, 0.05) is 23.7 Å². The van der Waals surface area contributed by atoms with Gasteiger partial charge in [-0.15, -0.1) is 0 Å². The fraction of sp³-hybridized carbons (Fsp3) is 0.882. The van der Waals surface area contributed by atoms with Crippen molar-refractivity contribution < 1.29 is 40.9 Å². The topological polar surface area (TPSA) is 162 Å². The third kappa shape index (κ3) is 20.6. The van der Waals surface area contributed by atoms with Crippen LogP contribution >= 0.6 is 0 Å². The van der Waals surface area contributed by atoms with Crippen molar-refractivity contribution in [3.05, 3.63) is 46.6 Å². The van der Waals surface area contributed by atoms with Gasteiger partial charge in [-0.25, -0.2) is 0 Å². The van der Waals surface area contributed by atoms with Crippen molar-refractivity contribution in [1.29, 1.82) is 0 Å². The summed E-state index contributed by atoms with van der Waals surface area (Å²) in [5, 5.41) is 83.5. The standard InChI is InChI=1S/4C17H30O2/c4*1-12(2)11-16(19)17-14(9-6-10-15(17)18)13-7-4-3-5-8-13/h4*9,12-13,15-19H,3-8,10-11H2,1-2H3/t4*15-,16-,17+/m0000/s1. The zero-order valence-electron chi connectivity index (χ0n) is 50.1. The van der Waals surface area contributed by atoms with E-state index in [1.165, 1.54) is 151 Å². The number of aliphatic hydroxyl groups excluding tert-OH is 8. The van der Waals surface area contributed by atoms with E-state index in [4.69, 9.17) is 0 Å². The highest BCUT2D eigenvalue weighted by Crippen LogP contribution is 2.45. The normalized spacial score (nSPS) is 31.3. The Balaban J connectivity index is 0.000000187. The Labute approximate surface area is 466 Å². The summed E-state index contributed by atoms with van der Waals surface area (Å²) in [4.78, 5) is 0. The molecule has 0 aromatic rings. The SMILES string of the molecule is CC(C)C[C@H](O)[C@@H]1C(C2CCCCC2)=CCC[C@@H]1O.CC(C)C[C@H](O)[C@@H]1C(C2CCCCC2)=CCC[C@@H]1O.CC(C)C[C@H](O)[C@@H]1C(C2CCCCC2)=CCC[C@@H]1O.CC(C)C[C@H](O)[C@@H]1C(C2CCCCC2)=CCC[C@@H]1O. The molecule has 0 bridgehead atoms. The van der Waals surface area contributed by atoms with Crippen molar-refractivity contribution >= 4 is 0 Å². The number of hydrogen-bond acceptors (Lipinski definition) is 8. The Hall–Kier alpha value is -1.36. The predicted molar refractivity (Wildman–Crippen MR) is 315 cm³/mol. The lowest BCUT2D eigenvalue weighted by molar-refractivity contribution is 0.00592. The number of allylic oxidation sites excluding steroid dienone is 4. The van der Waals surface area contributed by atoms with Crippen molar-refractivity contribution in [3.8, 4) is 0 Å². The van der Waals surface area contributed by atoms with Crippen LogP contribution in [0.15, 0.2) is 46.6 Å². The van der Waals surface area contributed by atoms with E-state index < -0.39 is 0 Å². The van der Waals surface area contributed by atoms with E-state index in [0.717, 1.165) is 77.0 Å². The lowest BCUT2D eigenvalue weighted by Crippen LogP contribution is -2.38. The maximum Gasteiger partial charge on any atom is 0.0633 e. The zero-order valence-corrected chi connectivity index (χ0v) is 50.1. The van der Waals surface area contributed by atoms with E-state index in [9.17, 15) is 40.9 Å².